The van der Waals surface area contributed by atoms with Gasteiger partial charge in [0.05, 0.1) is 19.8 Å². The van der Waals surface area contributed by atoms with Gasteiger partial charge in [0, 0.05) is 19.6 Å². The molecule has 0 amide bonds. The molecule has 0 saturated heterocycles. The average Bonchev–Trinajstić information content (AvgIpc) is 3.21. The second-order valence-electron chi connectivity index (χ2n) is 14.1. The highest BCUT2D eigenvalue weighted by Gasteiger charge is 2.25. The molecule has 0 aromatic carbocycles. The van der Waals surface area contributed by atoms with Crippen molar-refractivity contribution in [3.8, 4) is 0 Å². The van der Waals surface area contributed by atoms with Gasteiger partial charge in [-0.25, -0.2) is 4.57 Å². The Hall–Kier alpha value is -2.84. The summed E-state index contributed by atoms with van der Waals surface area (Å²) in [5.41, 5.74) is 5.37. The van der Waals surface area contributed by atoms with Crippen molar-refractivity contribution in [2.45, 2.75) is 161 Å². The Morgan fingerprint density at radius 2 is 0.914 bits per heavy atom. The highest BCUT2D eigenvalue weighted by atomic mass is 31.2. The normalized spacial score (nSPS) is 14.5. The molecule has 58 heavy (non-hydrogen) atoms. The van der Waals surface area contributed by atoms with E-state index in [9.17, 15) is 14.3 Å². The molecule has 0 spiro atoms. The molecule has 0 fully saturated rings. The van der Waals surface area contributed by atoms with Crippen LogP contribution in [0.3, 0.4) is 0 Å². The Bertz CT molecular complexity index is 1250. The van der Waals surface area contributed by atoms with Crippen molar-refractivity contribution in [2.24, 2.45) is 5.73 Å². The Morgan fingerprint density at radius 3 is 1.36 bits per heavy atom. The fourth-order valence-electron chi connectivity index (χ4n) is 5.49. The number of allylic oxidation sites excluding steroid dienone is 18. The first-order valence-electron chi connectivity index (χ1n) is 22.4. The van der Waals surface area contributed by atoms with Crippen LogP contribution < -0.4 is 5.73 Å². The molecule has 8 nitrogen and oxygen atoms in total. The maximum atomic E-state index is 12.6. The number of carbonyl (C=O) groups excluding carboxylic acids is 1. The van der Waals surface area contributed by atoms with E-state index in [2.05, 4.69) is 123 Å². The molecule has 0 saturated carbocycles. The number of phosphoric ester groups is 1. The number of ether oxygens (including phenoxy) is 2. The molecule has 0 aliphatic carbocycles. The van der Waals surface area contributed by atoms with Gasteiger partial charge in [-0.2, -0.15) is 0 Å². The van der Waals surface area contributed by atoms with Crippen molar-refractivity contribution in [3.05, 3.63) is 109 Å². The molecule has 0 heterocycles. The van der Waals surface area contributed by atoms with Crippen molar-refractivity contribution in [2.75, 3.05) is 33.0 Å². The van der Waals surface area contributed by atoms with Crippen molar-refractivity contribution in [3.63, 3.8) is 0 Å². The zero-order chi connectivity index (χ0) is 42.3. The molecular weight excluding hydrogens is 746 g/mol. The van der Waals surface area contributed by atoms with Gasteiger partial charge in [0.25, 0.3) is 0 Å². The van der Waals surface area contributed by atoms with Crippen molar-refractivity contribution >= 4 is 13.8 Å². The van der Waals surface area contributed by atoms with Crippen LogP contribution in [0.25, 0.3) is 0 Å². The highest BCUT2D eigenvalue weighted by Crippen LogP contribution is 2.43. The molecule has 0 aromatic heterocycles. The summed E-state index contributed by atoms with van der Waals surface area (Å²) >= 11 is 0. The van der Waals surface area contributed by atoms with Gasteiger partial charge in [0.15, 0.2) is 0 Å². The summed E-state index contributed by atoms with van der Waals surface area (Å²) in [6.45, 7) is 4.57. The second kappa shape index (κ2) is 45.2. The molecule has 0 aliphatic heterocycles. The van der Waals surface area contributed by atoms with Crippen LogP contribution in [0.5, 0.6) is 0 Å². The van der Waals surface area contributed by atoms with E-state index in [-0.39, 0.29) is 32.8 Å². The van der Waals surface area contributed by atoms with Gasteiger partial charge in [0.2, 0.25) is 0 Å². The summed E-state index contributed by atoms with van der Waals surface area (Å²) in [6, 6.07) is 0. The van der Waals surface area contributed by atoms with Crippen LogP contribution in [0.1, 0.15) is 155 Å². The standard InChI is InChI=1S/C49H82NO7P/c1-3-5-7-9-11-13-15-17-19-21-22-23-24-25-27-29-31-33-35-37-39-41-44-54-46-48(47-56-58(52,53)55-45-43-50)57-49(51)42-40-38-36-34-32-30-28-26-20-18-16-14-12-10-8-6-4-2/h5-8,11-14,17-20,22-23,28,30,34,36,48H,3-4,9-10,15-16,21,24-27,29,31-33,35,37-47,50H2,1-2H3,(H,52,53)/b7-5-,8-6-,13-11-,14-12-,19-17-,20-18-,23-22-,30-28-,36-34-. The smallest absolute Gasteiger partial charge is 0.457 e. The van der Waals surface area contributed by atoms with Crippen LogP contribution >= 0.6 is 7.82 Å². The van der Waals surface area contributed by atoms with Crippen LogP contribution in [-0.2, 0) is 27.9 Å². The van der Waals surface area contributed by atoms with E-state index in [1.807, 2.05) is 0 Å². The maximum absolute atomic E-state index is 12.6. The van der Waals surface area contributed by atoms with Crippen LogP contribution in [0.2, 0.25) is 0 Å². The van der Waals surface area contributed by atoms with Crippen LogP contribution in [0, 0.1) is 0 Å². The minimum absolute atomic E-state index is 0.0817. The van der Waals surface area contributed by atoms with Gasteiger partial charge in [-0.3, -0.25) is 13.8 Å². The zero-order valence-corrected chi connectivity index (χ0v) is 37.4. The van der Waals surface area contributed by atoms with Gasteiger partial charge in [0.1, 0.15) is 6.10 Å². The lowest BCUT2D eigenvalue weighted by Gasteiger charge is -2.20. The van der Waals surface area contributed by atoms with Gasteiger partial charge in [-0.1, -0.05) is 168 Å². The molecule has 3 N–H and O–H groups in total. The minimum atomic E-state index is -4.30. The van der Waals surface area contributed by atoms with Crippen LogP contribution in [0.15, 0.2) is 109 Å². The molecule has 0 aromatic rings. The molecule has 2 unspecified atom stereocenters. The largest absolute Gasteiger partial charge is 0.472 e. The summed E-state index contributed by atoms with van der Waals surface area (Å²) in [5.74, 6) is -0.394. The molecular formula is C49H82NO7P. The predicted molar refractivity (Wildman–Crippen MR) is 247 cm³/mol. The first kappa shape index (κ1) is 55.2. The van der Waals surface area contributed by atoms with Crippen molar-refractivity contribution in [1.29, 1.82) is 0 Å². The SMILES string of the molecule is CC/C=C\C/C=C\C/C=C\C/C=C\C/C=C\CCCC(=O)OC(COCCCCCCCCCCC/C=C\C/C=C\C/C=C\C/C=C\CC)COP(=O)(O)OCCN. The van der Waals surface area contributed by atoms with Crippen molar-refractivity contribution in [1.82, 2.24) is 0 Å². The summed E-state index contributed by atoms with van der Waals surface area (Å²) in [6.07, 6.45) is 61.2. The van der Waals surface area contributed by atoms with Crippen molar-refractivity contribution < 1.29 is 32.8 Å². The number of rotatable bonds is 41. The molecule has 2 atom stereocenters. The third-order valence-corrected chi connectivity index (χ3v) is 9.67. The fraction of sp³-hybridized carbons (Fsp3) is 0.612. The first-order chi connectivity index (χ1) is 28.4. The number of hydrogen-bond donors (Lipinski definition) is 2. The highest BCUT2D eigenvalue weighted by molar-refractivity contribution is 7.47. The first-order valence-corrected chi connectivity index (χ1v) is 23.9. The molecule has 0 rings (SSSR count). The Balaban J connectivity index is 4.12. The lowest BCUT2D eigenvalue weighted by molar-refractivity contribution is -0.154. The zero-order valence-electron chi connectivity index (χ0n) is 36.5. The van der Waals surface area contributed by atoms with E-state index in [4.69, 9.17) is 24.3 Å². The van der Waals surface area contributed by atoms with Gasteiger partial charge in [-0.05, 0) is 89.9 Å². The number of carbonyl (C=O) groups is 1. The average molecular weight is 828 g/mol. The molecule has 0 radical (unpaired) electrons. The number of hydrogen-bond acceptors (Lipinski definition) is 7. The quantitative estimate of drug-likeness (QED) is 0.0271. The van der Waals surface area contributed by atoms with Gasteiger partial charge >= 0.3 is 13.8 Å². The maximum Gasteiger partial charge on any atom is 0.472 e. The van der Waals surface area contributed by atoms with Crippen LogP contribution in [-0.4, -0.2) is 49.9 Å². The Kier molecular flexibility index (Phi) is 43.0. The minimum Gasteiger partial charge on any atom is -0.457 e. The van der Waals surface area contributed by atoms with Crippen LogP contribution in [0.4, 0.5) is 0 Å². The van der Waals surface area contributed by atoms with E-state index < -0.39 is 19.9 Å². The third kappa shape index (κ3) is 44.3. The molecule has 9 heteroatoms. The molecule has 0 aliphatic rings. The summed E-state index contributed by atoms with van der Waals surface area (Å²) in [5, 5.41) is 0. The van der Waals surface area contributed by atoms with Gasteiger partial charge < -0.3 is 20.1 Å². The Morgan fingerprint density at radius 1 is 0.517 bits per heavy atom. The number of phosphoric acid groups is 1. The number of esters is 1. The number of unbranched alkanes of at least 4 members (excludes halogenated alkanes) is 10. The number of nitrogens with two attached hydrogens (primary N) is 1. The third-order valence-electron chi connectivity index (χ3n) is 8.69. The lowest BCUT2D eigenvalue weighted by Crippen LogP contribution is -2.28. The molecule has 330 valence electrons. The summed E-state index contributed by atoms with van der Waals surface area (Å²) < 4.78 is 33.4. The summed E-state index contributed by atoms with van der Waals surface area (Å²) in [7, 11) is -4.30. The Labute approximate surface area is 354 Å². The van der Waals surface area contributed by atoms with Gasteiger partial charge in [-0.15, -0.1) is 0 Å². The fourth-order valence-corrected chi connectivity index (χ4v) is 6.26. The van der Waals surface area contributed by atoms with E-state index in [0.717, 1.165) is 89.9 Å². The summed E-state index contributed by atoms with van der Waals surface area (Å²) in [4.78, 5) is 22.5. The van der Waals surface area contributed by atoms with E-state index in [1.165, 1.54) is 38.5 Å². The topological polar surface area (TPSA) is 117 Å². The molecule has 0 bridgehead atoms. The second-order valence-corrected chi connectivity index (χ2v) is 15.6. The van der Waals surface area contributed by atoms with E-state index in [1.54, 1.807) is 0 Å². The van der Waals surface area contributed by atoms with E-state index >= 15 is 0 Å². The predicted octanol–water partition coefficient (Wildman–Crippen LogP) is 13.6. The lowest BCUT2D eigenvalue weighted by atomic mass is 10.1. The monoisotopic (exact) mass is 828 g/mol. The van der Waals surface area contributed by atoms with E-state index in [0.29, 0.717) is 13.0 Å².